The molecule has 1 saturated heterocycles. The summed E-state index contributed by atoms with van der Waals surface area (Å²) in [7, 11) is -1.40. The number of piperidine rings is 1. The van der Waals surface area contributed by atoms with Crippen LogP contribution in [0.3, 0.4) is 0 Å². The lowest BCUT2D eigenvalue weighted by atomic mass is 10.0. The average Bonchev–Trinajstić information content (AvgIpc) is 2.61. The average molecular weight is 347 g/mol. The molecule has 0 atom stereocenters. The first kappa shape index (κ1) is 17.2. The maximum absolute atomic E-state index is 12.1. The molecule has 5 nitrogen and oxygen atoms in total. The molecule has 1 aliphatic heterocycles. The number of pyridine rings is 1. The number of benzene rings is 1. The summed E-state index contributed by atoms with van der Waals surface area (Å²) in [6, 6.07) is 8.42. The van der Waals surface area contributed by atoms with E-state index < -0.39 is 10.0 Å². The van der Waals surface area contributed by atoms with E-state index in [-0.39, 0.29) is 11.8 Å². The number of sulfonamides is 1. The molecule has 2 heterocycles. The normalized spacial score (nSPS) is 16.9. The van der Waals surface area contributed by atoms with Gasteiger partial charge in [-0.15, -0.1) is 0 Å². The van der Waals surface area contributed by atoms with Crippen LogP contribution in [0.2, 0.25) is 0 Å². The van der Waals surface area contributed by atoms with Crippen LogP contribution in [-0.2, 0) is 10.0 Å². The van der Waals surface area contributed by atoms with Gasteiger partial charge < -0.3 is 4.90 Å². The molecule has 0 radical (unpaired) electrons. The molecule has 1 aromatic carbocycles. The highest BCUT2D eigenvalue weighted by molar-refractivity contribution is 7.89. The fraction of sp³-hybridized carbons (Fsp3) is 0.500. The van der Waals surface area contributed by atoms with Gasteiger partial charge in [-0.05, 0) is 38.3 Å². The molecule has 24 heavy (non-hydrogen) atoms. The number of hydrogen-bond acceptors (Lipinski definition) is 4. The summed E-state index contributed by atoms with van der Waals surface area (Å²) in [5.41, 5.74) is 3.42. The summed E-state index contributed by atoms with van der Waals surface area (Å²) in [5.74, 6) is 0.165. The lowest BCUT2D eigenvalue weighted by molar-refractivity contribution is 0.312. The number of nitrogens with zero attached hydrogens (tertiary/aromatic N) is 3. The third kappa shape index (κ3) is 3.13. The Hall–Kier alpha value is -1.66. The van der Waals surface area contributed by atoms with Crippen molar-refractivity contribution in [2.24, 2.45) is 0 Å². The predicted molar refractivity (Wildman–Crippen MR) is 98.9 cm³/mol. The monoisotopic (exact) mass is 347 g/mol. The minimum atomic E-state index is -3.12. The number of aryl methyl sites for hydroxylation is 1. The van der Waals surface area contributed by atoms with Crippen LogP contribution in [0.5, 0.6) is 0 Å². The molecule has 0 saturated carbocycles. The molecule has 1 fully saturated rings. The number of para-hydroxylation sites is 1. The van der Waals surface area contributed by atoms with Gasteiger partial charge in [-0.3, -0.25) is 4.98 Å². The van der Waals surface area contributed by atoms with Crippen molar-refractivity contribution in [2.45, 2.75) is 32.7 Å². The van der Waals surface area contributed by atoms with Gasteiger partial charge in [-0.2, -0.15) is 0 Å². The molecule has 0 spiro atoms. The molecule has 1 aliphatic rings. The minimum absolute atomic E-state index is 0.0982. The highest BCUT2D eigenvalue weighted by atomic mass is 32.2. The van der Waals surface area contributed by atoms with E-state index in [9.17, 15) is 8.42 Å². The number of fused-ring (bicyclic) bond motifs is 1. The van der Waals surface area contributed by atoms with Crippen molar-refractivity contribution in [3.05, 3.63) is 36.0 Å². The Labute approximate surface area is 144 Å². The zero-order chi connectivity index (χ0) is 17.3. The van der Waals surface area contributed by atoms with Crippen molar-refractivity contribution in [1.29, 1.82) is 0 Å². The summed E-state index contributed by atoms with van der Waals surface area (Å²) in [6.07, 6.45) is 3.57. The second kappa shape index (κ2) is 6.69. The van der Waals surface area contributed by atoms with E-state index in [1.54, 1.807) is 18.3 Å². The lowest BCUT2D eigenvalue weighted by Gasteiger charge is -2.37. The molecule has 0 aliphatic carbocycles. The predicted octanol–water partition coefficient (Wildman–Crippen LogP) is 2.79. The quantitative estimate of drug-likeness (QED) is 0.853. The number of aromatic nitrogens is 1. The molecule has 130 valence electrons. The van der Waals surface area contributed by atoms with E-state index in [4.69, 9.17) is 0 Å². The van der Waals surface area contributed by atoms with Crippen molar-refractivity contribution in [1.82, 2.24) is 9.29 Å². The molecule has 0 bridgehead atoms. The van der Waals surface area contributed by atoms with Crippen LogP contribution >= 0.6 is 0 Å². The van der Waals surface area contributed by atoms with Gasteiger partial charge in [-0.25, -0.2) is 12.7 Å². The van der Waals surface area contributed by atoms with Crippen molar-refractivity contribution in [2.75, 3.05) is 30.8 Å². The van der Waals surface area contributed by atoms with Gasteiger partial charge in [0.1, 0.15) is 0 Å². The largest absolute Gasteiger partial charge is 0.371 e. The lowest BCUT2D eigenvalue weighted by Crippen LogP contribution is -2.46. The maximum Gasteiger partial charge on any atom is 0.213 e. The first-order chi connectivity index (χ1) is 11.4. The summed E-state index contributed by atoms with van der Waals surface area (Å²) < 4.78 is 25.7. The van der Waals surface area contributed by atoms with Gasteiger partial charge in [0.2, 0.25) is 10.0 Å². The van der Waals surface area contributed by atoms with Crippen LogP contribution in [0.25, 0.3) is 10.9 Å². The molecular formula is C18H25N3O2S. The van der Waals surface area contributed by atoms with E-state index >= 15 is 0 Å². The van der Waals surface area contributed by atoms with Crippen molar-refractivity contribution < 1.29 is 8.42 Å². The SMILES string of the molecule is CCS(=O)(=O)N(C)C1CCN(c2ccnc3c(C)cccc23)CC1. The van der Waals surface area contributed by atoms with Gasteiger partial charge in [0.05, 0.1) is 11.3 Å². The Balaban J connectivity index is 1.80. The minimum Gasteiger partial charge on any atom is -0.371 e. The molecule has 0 unspecified atom stereocenters. The second-order valence-corrected chi connectivity index (χ2v) is 8.75. The van der Waals surface area contributed by atoms with Crippen molar-refractivity contribution >= 4 is 26.6 Å². The Morgan fingerprint density at radius 1 is 1.25 bits per heavy atom. The van der Waals surface area contributed by atoms with E-state index in [1.807, 2.05) is 6.20 Å². The molecule has 1 aromatic heterocycles. The van der Waals surface area contributed by atoms with Crippen LogP contribution in [0, 0.1) is 6.92 Å². The molecule has 3 rings (SSSR count). The van der Waals surface area contributed by atoms with Crippen LogP contribution in [-0.4, -0.2) is 49.6 Å². The summed E-state index contributed by atoms with van der Waals surface area (Å²) in [4.78, 5) is 6.86. The smallest absolute Gasteiger partial charge is 0.213 e. The fourth-order valence-corrected chi connectivity index (χ4v) is 4.56. The summed E-state index contributed by atoms with van der Waals surface area (Å²) in [5, 5.41) is 1.17. The van der Waals surface area contributed by atoms with Gasteiger partial charge >= 0.3 is 0 Å². The Bertz CT molecular complexity index is 827. The third-order valence-corrected chi connectivity index (χ3v) is 6.98. The van der Waals surface area contributed by atoms with E-state index in [1.165, 1.54) is 16.6 Å². The standard InChI is InChI=1S/C18H25N3O2S/c1-4-24(22,23)20(3)15-9-12-21(13-10-15)17-8-11-19-18-14(2)6-5-7-16(17)18/h5-8,11,15H,4,9-10,12-13H2,1-3H3. The van der Waals surface area contributed by atoms with E-state index in [0.717, 1.165) is 31.4 Å². The van der Waals surface area contributed by atoms with Crippen LogP contribution < -0.4 is 4.90 Å². The summed E-state index contributed by atoms with van der Waals surface area (Å²) >= 11 is 0. The number of hydrogen-bond donors (Lipinski definition) is 0. The van der Waals surface area contributed by atoms with Gasteiger partial charge in [0.15, 0.2) is 0 Å². The van der Waals surface area contributed by atoms with Gasteiger partial charge in [0.25, 0.3) is 0 Å². The van der Waals surface area contributed by atoms with E-state index in [2.05, 4.69) is 41.1 Å². The highest BCUT2D eigenvalue weighted by Gasteiger charge is 2.29. The molecule has 6 heteroatoms. The maximum atomic E-state index is 12.1. The number of rotatable bonds is 4. The van der Waals surface area contributed by atoms with Crippen molar-refractivity contribution in [3.63, 3.8) is 0 Å². The van der Waals surface area contributed by atoms with Gasteiger partial charge in [0, 0.05) is 43.4 Å². The highest BCUT2D eigenvalue weighted by Crippen LogP contribution is 2.30. The van der Waals surface area contributed by atoms with Crippen LogP contribution in [0.1, 0.15) is 25.3 Å². The molecule has 0 amide bonds. The van der Waals surface area contributed by atoms with Crippen LogP contribution in [0.4, 0.5) is 5.69 Å². The first-order valence-corrected chi connectivity index (χ1v) is 10.1. The van der Waals surface area contributed by atoms with Crippen molar-refractivity contribution in [3.8, 4) is 0 Å². The fourth-order valence-electron chi connectivity index (χ4n) is 3.49. The first-order valence-electron chi connectivity index (χ1n) is 8.49. The third-order valence-electron chi connectivity index (χ3n) is 5.07. The van der Waals surface area contributed by atoms with Gasteiger partial charge in [-0.1, -0.05) is 18.2 Å². The molecule has 0 N–H and O–H groups in total. The second-order valence-electron chi connectivity index (χ2n) is 6.44. The Kier molecular flexibility index (Phi) is 4.78. The topological polar surface area (TPSA) is 53.5 Å². The zero-order valence-electron chi connectivity index (χ0n) is 14.6. The Morgan fingerprint density at radius 3 is 2.62 bits per heavy atom. The summed E-state index contributed by atoms with van der Waals surface area (Å²) in [6.45, 7) is 5.50. The number of anilines is 1. The molecule has 2 aromatic rings. The Morgan fingerprint density at radius 2 is 1.96 bits per heavy atom. The van der Waals surface area contributed by atoms with Crippen LogP contribution in [0.15, 0.2) is 30.5 Å². The van der Waals surface area contributed by atoms with E-state index in [0.29, 0.717) is 0 Å². The zero-order valence-corrected chi connectivity index (χ0v) is 15.4. The molecular weight excluding hydrogens is 322 g/mol.